The Balaban J connectivity index is 2.36. The van der Waals surface area contributed by atoms with Crippen LogP contribution in [0.4, 0.5) is 19.0 Å². The van der Waals surface area contributed by atoms with Crippen LogP contribution >= 0.6 is 0 Å². The quantitative estimate of drug-likeness (QED) is 0.764. The van der Waals surface area contributed by atoms with Crippen LogP contribution in [-0.4, -0.2) is 30.3 Å². The Bertz CT molecular complexity index is 442. The molecule has 0 spiro atoms. The largest absolute Gasteiger partial charge is 0.375 e. The molecule has 100 valence electrons. The Kier molecular flexibility index (Phi) is 3.75. The number of rotatable bonds is 2. The van der Waals surface area contributed by atoms with Crippen molar-refractivity contribution in [3.8, 4) is 0 Å². The zero-order chi connectivity index (χ0) is 13.3. The molecule has 1 aliphatic heterocycles. The molecule has 2 atom stereocenters. The van der Waals surface area contributed by atoms with Crippen LogP contribution < -0.4 is 4.90 Å². The van der Waals surface area contributed by atoms with Crippen molar-refractivity contribution in [2.45, 2.75) is 32.4 Å². The van der Waals surface area contributed by atoms with Gasteiger partial charge in [0.15, 0.2) is 17.5 Å². The minimum absolute atomic E-state index is 0.0759. The van der Waals surface area contributed by atoms with E-state index in [9.17, 15) is 13.2 Å². The number of ether oxygens (including phenoxy) is 1. The third-order valence-corrected chi connectivity index (χ3v) is 3.08. The summed E-state index contributed by atoms with van der Waals surface area (Å²) in [5, 5.41) is 0. The molecule has 0 N–H and O–H groups in total. The van der Waals surface area contributed by atoms with E-state index in [0.717, 1.165) is 0 Å². The lowest BCUT2D eigenvalue weighted by Gasteiger charge is -2.39. The molecule has 0 radical (unpaired) electrons. The molecule has 1 fully saturated rings. The fourth-order valence-corrected chi connectivity index (χ4v) is 2.08. The fourth-order valence-electron chi connectivity index (χ4n) is 2.08. The Morgan fingerprint density at radius 3 is 2.78 bits per heavy atom. The first-order valence-electron chi connectivity index (χ1n) is 5.92. The van der Waals surface area contributed by atoms with Crippen LogP contribution in [0.15, 0.2) is 6.07 Å². The van der Waals surface area contributed by atoms with Crippen LogP contribution in [0.5, 0.6) is 0 Å². The van der Waals surface area contributed by atoms with Gasteiger partial charge >= 0.3 is 0 Å². The van der Waals surface area contributed by atoms with E-state index in [-0.39, 0.29) is 18.0 Å². The first-order valence-corrected chi connectivity index (χ1v) is 5.92. The average molecular weight is 260 g/mol. The highest BCUT2D eigenvalue weighted by Crippen LogP contribution is 2.25. The van der Waals surface area contributed by atoms with Crippen molar-refractivity contribution in [3.63, 3.8) is 0 Å². The third kappa shape index (κ3) is 2.43. The Morgan fingerprint density at radius 2 is 2.11 bits per heavy atom. The number of nitrogens with zero attached hydrogens (tertiary/aromatic N) is 2. The standard InChI is InChI=1S/C12H15F3N2O/c1-3-8-6-18-7(2)5-17(8)12-10(14)4-9(13)11(15)16-12/h4,7-8H,3,5-6H2,1-2H3. The van der Waals surface area contributed by atoms with Crippen molar-refractivity contribution in [1.29, 1.82) is 0 Å². The summed E-state index contributed by atoms with van der Waals surface area (Å²) in [7, 11) is 0. The van der Waals surface area contributed by atoms with Crippen molar-refractivity contribution in [3.05, 3.63) is 23.6 Å². The van der Waals surface area contributed by atoms with Gasteiger partial charge in [0.2, 0.25) is 0 Å². The topological polar surface area (TPSA) is 25.4 Å². The predicted octanol–water partition coefficient (Wildman–Crippen LogP) is 2.50. The molecular formula is C12H15F3N2O. The van der Waals surface area contributed by atoms with Gasteiger partial charge in [0.1, 0.15) is 0 Å². The first-order chi connectivity index (χ1) is 8.52. The van der Waals surface area contributed by atoms with Crippen molar-refractivity contribution in [2.24, 2.45) is 0 Å². The second kappa shape index (κ2) is 5.14. The molecule has 18 heavy (non-hydrogen) atoms. The van der Waals surface area contributed by atoms with Crippen molar-refractivity contribution in [2.75, 3.05) is 18.1 Å². The summed E-state index contributed by atoms with van der Waals surface area (Å²) in [5.41, 5.74) is 0. The van der Waals surface area contributed by atoms with Gasteiger partial charge in [-0.3, -0.25) is 0 Å². The number of hydrogen-bond acceptors (Lipinski definition) is 3. The molecule has 0 amide bonds. The van der Waals surface area contributed by atoms with E-state index in [0.29, 0.717) is 25.6 Å². The Morgan fingerprint density at radius 1 is 1.39 bits per heavy atom. The highest BCUT2D eigenvalue weighted by atomic mass is 19.2. The maximum Gasteiger partial charge on any atom is 0.251 e. The van der Waals surface area contributed by atoms with E-state index in [2.05, 4.69) is 4.98 Å². The van der Waals surface area contributed by atoms with Crippen molar-refractivity contribution in [1.82, 2.24) is 4.98 Å². The molecule has 0 aromatic carbocycles. The van der Waals surface area contributed by atoms with Gasteiger partial charge in [0.05, 0.1) is 18.8 Å². The van der Waals surface area contributed by atoms with Gasteiger partial charge in [-0.1, -0.05) is 6.92 Å². The predicted molar refractivity (Wildman–Crippen MR) is 61.0 cm³/mol. The molecule has 3 nitrogen and oxygen atoms in total. The van der Waals surface area contributed by atoms with Crippen LogP contribution in [0.1, 0.15) is 20.3 Å². The second-order valence-electron chi connectivity index (χ2n) is 4.42. The molecule has 2 heterocycles. The number of morpholine rings is 1. The van der Waals surface area contributed by atoms with Crippen LogP contribution in [0.25, 0.3) is 0 Å². The number of halogens is 3. The molecule has 0 saturated carbocycles. The SMILES string of the molecule is CCC1COC(C)CN1c1nc(F)c(F)cc1F. The molecule has 2 rings (SSSR count). The van der Waals surface area contributed by atoms with Gasteiger partial charge in [-0.2, -0.15) is 9.37 Å². The summed E-state index contributed by atoms with van der Waals surface area (Å²) < 4.78 is 45.2. The summed E-state index contributed by atoms with van der Waals surface area (Å²) in [5.74, 6) is -3.54. The monoisotopic (exact) mass is 260 g/mol. The molecule has 6 heteroatoms. The second-order valence-corrected chi connectivity index (χ2v) is 4.42. The summed E-state index contributed by atoms with van der Waals surface area (Å²) >= 11 is 0. The molecule has 1 aliphatic rings. The molecule has 1 aromatic heterocycles. The lowest BCUT2D eigenvalue weighted by Crippen LogP contribution is -2.49. The van der Waals surface area contributed by atoms with E-state index in [1.165, 1.54) is 0 Å². The normalized spacial score (nSPS) is 24.4. The molecular weight excluding hydrogens is 245 g/mol. The zero-order valence-electron chi connectivity index (χ0n) is 10.3. The maximum atomic E-state index is 13.7. The van der Waals surface area contributed by atoms with Gasteiger partial charge in [0, 0.05) is 12.6 Å². The summed E-state index contributed by atoms with van der Waals surface area (Å²) in [4.78, 5) is 5.03. The Hall–Kier alpha value is -1.30. The van der Waals surface area contributed by atoms with Crippen LogP contribution in [0.3, 0.4) is 0 Å². The highest BCUT2D eigenvalue weighted by Gasteiger charge is 2.29. The lowest BCUT2D eigenvalue weighted by molar-refractivity contribution is 0.0292. The number of aromatic nitrogens is 1. The van der Waals surface area contributed by atoms with Crippen molar-refractivity contribution < 1.29 is 17.9 Å². The molecule has 1 saturated heterocycles. The molecule has 2 unspecified atom stereocenters. The molecule has 1 aromatic rings. The van der Waals surface area contributed by atoms with E-state index < -0.39 is 17.6 Å². The van der Waals surface area contributed by atoms with Gasteiger partial charge in [-0.15, -0.1) is 0 Å². The van der Waals surface area contributed by atoms with E-state index >= 15 is 0 Å². The number of anilines is 1. The highest BCUT2D eigenvalue weighted by molar-refractivity contribution is 5.42. The minimum atomic E-state index is -1.28. The van der Waals surface area contributed by atoms with Crippen LogP contribution in [0, 0.1) is 17.6 Å². The number of hydrogen-bond donors (Lipinski definition) is 0. The van der Waals surface area contributed by atoms with Gasteiger partial charge < -0.3 is 9.64 Å². The average Bonchev–Trinajstić information content (AvgIpc) is 2.34. The zero-order valence-corrected chi connectivity index (χ0v) is 10.3. The molecule has 0 bridgehead atoms. The van der Waals surface area contributed by atoms with E-state index in [4.69, 9.17) is 4.74 Å². The Labute approximate surface area is 104 Å². The number of pyridine rings is 1. The summed E-state index contributed by atoms with van der Waals surface area (Å²) in [6.07, 6.45) is 0.620. The van der Waals surface area contributed by atoms with Gasteiger partial charge in [-0.05, 0) is 13.3 Å². The van der Waals surface area contributed by atoms with E-state index in [1.807, 2.05) is 13.8 Å². The van der Waals surface area contributed by atoms with Crippen LogP contribution in [-0.2, 0) is 4.74 Å². The van der Waals surface area contributed by atoms with E-state index in [1.54, 1.807) is 4.90 Å². The first kappa shape index (κ1) is 13.1. The van der Waals surface area contributed by atoms with Gasteiger partial charge in [-0.25, -0.2) is 8.78 Å². The summed E-state index contributed by atoms with van der Waals surface area (Å²) in [6, 6.07) is 0.456. The van der Waals surface area contributed by atoms with Crippen molar-refractivity contribution >= 4 is 5.82 Å². The minimum Gasteiger partial charge on any atom is -0.375 e. The summed E-state index contributed by atoms with van der Waals surface area (Å²) in [6.45, 7) is 4.61. The lowest BCUT2D eigenvalue weighted by atomic mass is 10.1. The third-order valence-electron chi connectivity index (χ3n) is 3.08. The van der Waals surface area contributed by atoms with Gasteiger partial charge in [0.25, 0.3) is 5.95 Å². The molecule has 0 aliphatic carbocycles. The smallest absolute Gasteiger partial charge is 0.251 e. The van der Waals surface area contributed by atoms with Crippen LogP contribution in [0.2, 0.25) is 0 Å². The maximum absolute atomic E-state index is 13.7. The fraction of sp³-hybridized carbons (Fsp3) is 0.583.